The van der Waals surface area contributed by atoms with Crippen LogP contribution in [0.15, 0.2) is 35.5 Å². The number of aromatic nitrogens is 2. The predicted molar refractivity (Wildman–Crippen MR) is 88.9 cm³/mol. The summed E-state index contributed by atoms with van der Waals surface area (Å²) in [6.45, 7) is 3.82. The second-order valence-electron chi connectivity index (χ2n) is 4.63. The van der Waals surface area contributed by atoms with E-state index in [0.29, 0.717) is 22.1 Å². The fourth-order valence-electron chi connectivity index (χ4n) is 1.85. The highest BCUT2D eigenvalue weighted by Crippen LogP contribution is 2.15. The largest absolute Gasteiger partial charge is 0.465 e. The van der Waals surface area contributed by atoms with Gasteiger partial charge in [0.05, 0.1) is 12.7 Å². The maximum Gasteiger partial charge on any atom is 0.337 e. The first-order valence-corrected chi connectivity index (χ1v) is 8.00. The molecule has 7 heteroatoms. The predicted octanol–water partition coefficient (Wildman–Crippen LogP) is 2.94. The number of amides is 1. The van der Waals surface area contributed by atoms with Gasteiger partial charge >= 0.3 is 5.97 Å². The summed E-state index contributed by atoms with van der Waals surface area (Å²) in [7, 11) is 1.32. The van der Waals surface area contributed by atoms with Crippen LogP contribution in [0.4, 0.5) is 5.69 Å². The minimum absolute atomic E-state index is 0.311. The summed E-state index contributed by atoms with van der Waals surface area (Å²) >= 11 is 1.48. The van der Waals surface area contributed by atoms with E-state index < -0.39 is 5.97 Å². The zero-order valence-electron chi connectivity index (χ0n) is 13.1. The number of rotatable bonds is 5. The van der Waals surface area contributed by atoms with Gasteiger partial charge in [0.25, 0.3) is 5.91 Å². The minimum atomic E-state index is -0.421. The van der Waals surface area contributed by atoms with Gasteiger partial charge < -0.3 is 10.1 Å². The van der Waals surface area contributed by atoms with Crippen LogP contribution in [0.1, 0.15) is 33.5 Å². The lowest BCUT2D eigenvalue weighted by molar-refractivity contribution is 0.0600. The Kier molecular flexibility index (Phi) is 5.70. The molecule has 0 atom stereocenters. The normalized spacial score (nSPS) is 10.2. The van der Waals surface area contributed by atoms with Crippen molar-refractivity contribution in [2.45, 2.75) is 19.0 Å². The molecule has 6 nitrogen and oxygen atoms in total. The number of carbonyl (C=O) groups is 2. The van der Waals surface area contributed by atoms with Crippen molar-refractivity contribution in [3.05, 3.63) is 47.3 Å². The van der Waals surface area contributed by atoms with Crippen LogP contribution in [0, 0.1) is 6.92 Å². The molecule has 0 saturated heterocycles. The number of esters is 1. The van der Waals surface area contributed by atoms with Gasteiger partial charge in [-0.1, -0.05) is 18.7 Å². The van der Waals surface area contributed by atoms with Crippen LogP contribution in [0.3, 0.4) is 0 Å². The van der Waals surface area contributed by atoms with E-state index in [-0.39, 0.29) is 5.91 Å². The highest BCUT2D eigenvalue weighted by Gasteiger charge is 2.12. The average molecular weight is 331 g/mol. The highest BCUT2D eigenvalue weighted by atomic mass is 32.2. The Morgan fingerprint density at radius 1 is 1.22 bits per heavy atom. The number of hydrogen-bond acceptors (Lipinski definition) is 6. The zero-order chi connectivity index (χ0) is 16.8. The smallest absolute Gasteiger partial charge is 0.337 e. The molecule has 23 heavy (non-hydrogen) atoms. The molecule has 1 aromatic carbocycles. The van der Waals surface area contributed by atoms with Gasteiger partial charge in [0.2, 0.25) is 0 Å². The SMILES string of the molecule is CCSc1nc(C)cc(C(=O)Nc2ccc(C(=O)OC)cc2)n1. The highest BCUT2D eigenvalue weighted by molar-refractivity contribution is 7.99. The van der Waals surface area contributed by atoms with Crippen LogP contribution in [-0.4, -0.2) is 34.7 Å². The number of thioether (sulfide) groups is 1. The van der Waals surface area contributed by atoms with Crippen molar-refractivity contribution in [2.75, 3.05) is 18.2 Å². The quantitative estimate of drug-likeness (QED) is 0.515. The summed E-state index contributed by atoms with van der Waals surface area (Å²) in [5.74, 6) is 0.0919. The lowest BCUT2D eigenvalue weighted by Gasteiger charge is -2.07. The van der Waals surface area contributed by atoms with Crippen molar-refractivity contribution in [3.63, 3.8) is 0 Å². The van der Waals surface area contributed by atoms with Crippen molar-refractivity contribution in [1.29, 1.82) is 0 Å². The standard InChI is InChI=1S/C16H17N3O3S/c1-4-23-16-17-10(2)9-13(19-16)14(20)18-12-7-5-11(6-8-12)15(21)22-3/h5-9H,4H2,1-3H3,(H,18,20). The summed E-state index contributed by atoms with van der Waals surface area (Å²) in [4.78, 5) is 32.2. The molecule has 0 saturated carbocycles. The first-order chi connectivity index (χ1) is 11.0. The number of anilines is 1. The molecular formula is C16H17N3O3S. The summed E-state index contributed by atoms with van der Waals surface area (Å²) in [6, 6.07) is 8.09. The van der Waals surface area contributed by atoms with Gasteiger partial charge in [-0.25, -0.2) is 14.8 Å². The molecule has 1 N–H and O–H groups in total. The molecule has 0 spiro atoms. The monoisotopic (exact) mass is 331 g/mol. The zero-order valence-corrected chi connectivity index (χ0v) is 13.9. The van der Waals surface area contributed by atoms with Crippen molar-refractivity contribution in [1.82, 2.24) is 9.97 Å². The van der Waals surface area contributed by atoms with Crippen molar-refractivity contribution < 1.29 is 14.3 Å². The van der Waals surface area contributed by atoms with Gasteiger partial charge in [-0.3, -0.25) is 4.79 Å². The van der Waals surface area contributed by atoms with Gasteiger partial charge in [-0.2, -0.15) is 0 Å². The molecule has 120 valence electrons. The molecular weight excluding hydrogens is 314 g/mol. The Labute approximate surface area is 138 Å². The summed E-state index contributed by atoms with van der Waals surface area (Å²) in [6.07, 6.45) is 0. The fraction of sp³-hybridized carbons (Fsp3) is 0.250. The van der Waals surface area contributed by atoms with Gasteiger partial charge in [-0.15, -0.1) is 0 Å². The summed E-state index contributed by atoms with van der Waals surface area (Å²) in [5.41, 5.74) is 2.04. The third-order valence-electron chi connectivity index (χ3n) is 2.90. The van der Waals surface area contributed by atoms with Crippen molar-refractivity contribution in [2.24, 2.45) is 0 Å². The number of benzene rings is 1. The minimum Gasteiger partial charge on any atom is -0.465 e. The van der Waals surface area contributed by atoms with Gasteiger partial charge in [0.15, 0.2) is 5.16 Å². The van der Waals surface area contributed by atoms with E-state index in [1.165, 1.54) is 18.9 Å². The lowest BCUT2D eigenvalue weighted by atomic mass is 10.2. The van der Waals surface area contributed by atoms with Gasteiger partial charge in [0, 0.05) is 11.4 Å². The molecule has 0 aliphatic heterocycles. The summed E-state index contributed by atoms with van der Waals surface area (Å²) in [5, 5.41) is 3.33. The van der Waals surface area contributed by atoms with Crippen molar-refractivity contribution >= 4 is 29.3 Å². The fourth-order valence-corrected chi connectivity index (χ4v) is 2.48. The molecule has 0 aliphatic rings. The third kappa shape index (κ3) is 4.53. The third-order valence-corrected chi connectivity index (χ3v) is 3.63. The van der Waals surface area contributed by atoms with Crippen LogP contribution in [0.2, 0.25) is 0 Å². The number of carbonyl (C=O) groups excluding carboxylic acids is 2. The maximum absolute atomic E-state index is 12.3. The molecule has 1 aromatic heterocycles. The topological polar surface area (TPSA) is 81.2 Å². The number of aryl methyl sites for hydroxylation is 1. The van der Waals surface area contributed by atoms with Crippen LogP contribution in [-0.2, 0) is 4.74 Å². The molecule has 0 aliphatic carbocycles. The van der Waals surface area contributed by atoms with E-state index >= 15 is 0 Å². The van der Waals surface area contributed by atoms with Crippen LogP contribution < -0.4 is 5.32 Å². The van der Waals surface area contributed by atoms with Gasteiger partial charge in [-0.05, 0) is 43.0 Å². The van der Waals surface area contributed by atoms with Crippen LogP contribution >= 0.6 is 11.8 Å². The Morgan fingerprint density at radius 3 is 2.52 bits per heavy atom. The number of nitrogens with one attached hydrogen (secondary N) is 1. The van der Waals surface area contributed by atoms with E-state index in [2.05, 4.69) is 20.0 Å². The Balaban J connectivity index is 2.14. The molecule has 1 heterocycles. The molecule has 1 amide bonds. The molecule has 0 radical (unpaired) electrons. The number of ether oxygens (including phenoxy) is 1. The molecule has 2 rings (SSSR count). The van der Waals surface area contributed by atoms with E-state index in [4.69, 9.17) is 0 Å². The number of hydrogen-bond donors (Lipinski definition) is 1. The van der Waals surface area contributed by atoms with E-state index in [9.17, 15) is 9.59 Å². The van der Waals surface area contributed by atoms with E-state index in [1.54, 1.807) is 30.3 Å². The van der Waals surface area contributed by atoms with Crippen LogP contribution in [0.25, 0.3) is 0 Å². The first-order valence-electron chi connectivity index (χ1n) is 7.01. The van der Waals surface area contributed by atoms with Crippen LogP contribution in [0.5, 0.6) is 0 Å². The van der Waals surface area contributed by atoms with Crippen molar-refractivity contribution in [3.8, 4) is 0 Å². The summed E-state index contributed by atoms with van der Waals surface area (Å²) < 4.78 is 4.63. The Hall–Kier alpha value is -2.41. The lowest BCUT2D eigenvalue weighted by Crippen LogP contribution is -2.15. The number of methoxy groups -OCH3 is 1. The van der Waals surface area contributed by atoms with Gasteiger partial charge in [0.1, 0.15) is 5.69 Å². The second kappa shape index (κ2) is 7.73. The molecule has 0 bridgehead atoms. The average Bonchev–Trinajstić information content (AvgIpc) is 2.54. The molecule has 0 fully saturated rings. The number of nitrogens with zero attached hydrogens (tertiary/aromatic N) is 2. The van der Waals surface area contributed by atoms with E-state index in [1.807, 2.05) is 13.8 Å². The Bertz CT molecular complexity index is 717. The first kappa shape index (κ1) is 17.0. The molecule has 2 aromatic rings. The molecule has 0 unspecified atom stereocenters. The Morgan fingerprint density at radius 2 is 1.91 bits per heavy atom. The second-order valence-corrected chi connectivity index (χ2v) is 5.86. The maximum atomic E-state index is 12.3. The van der Waals surface area contributed by atoms with E-state index in [0.717, 1.165) is 11.4 Å².